The SMILES string of the molecule is O=C(NCC1COc2ccccc21)N1CCOCC1. The second-order valence-corrected chi connectivity index (χ2v) is 4.83. The van der Waals surface area contributed by atoms with E-state index in [1.54, 1.807) is 4.90 Å². The standard InChI is InChI=1S/C14H18N2O3/c17-14(16-5-7-18-8-6-16)15-9-11-10-19-13-4-2-1-3-12(11)13/h1-4,11H,5-10H2,(H,15,17). The molecule has 1 unspecified atom stereocenters. The van der Waals surface area contributed by atoms with Gasteiger partial charge >= 0.3 is 6.03 Å². The number of nitrogens with one attached hydrogen (secondary N) is 1. The third-order valence-electron chi connectivity index (χ3n) is 3.60. The van der Waals surface area contributed by atoms with Gasteiger partial charge in [-0.1, -0.05) is 18.2 Å². The Morgan fingerprint density at radius 2 is 2.11 bits per heavy atom. The van der Waals surface area contributed by atoms with Crippen molar-refractivity contribution < 1.29 is 14.3 Å². The number of morpholine rings is 1. The lowest BCUT2D eigenvalue weighted by Crippen LogP contribution is -2.47. The molecule has 0 aliphatic carbocycles. The fourth-order valence-electron chi connectivity index (χ4n) is 2.49. The van der Waals surface area contributed by atoms with E-state index in [1.165, 1.54) is 5.56 Å². The first-order valence-electron chi connectivity index (χ1n) is 6.67. The minimum atomic E-state index is -0.00678. The highest BCUT2D eigenvalue weighted by molar-refractivity contribution is 5.74. The van der Waals surface area contributed by atoms with Crippen molar-refractivity contribution >= 4 is 6.03 Å². The number of carbonyl (C=O) groups excluding carboxylic acids is 1. The van der Waals surface area contributed by atoms with Gasteiger partial charge in [-0.05, 0) is 6.07 Å². The Kier molecular flexibility index (Phi) is 3.55. The Hall–Kier alpha value is -1.75. The van der Waals surface area contributed by atoms with E-state index in [1.807, 2.05) is 18.2 Å². The van der Waals surface area contributed by atoms with E-state index in [9.17, 15) is 4.79 Å². The summed E-state index contributed by atoms with van der Waals surface area (Å²) < 4.78 is 10.8. The van der Waals surface area contributed by atoms with Gasteiger partial charge in [-0.25, -0.2) is 4.79 Å². The number of amides is 2. The molecule has 0 saturated carbocycles. The lowest BCUT2D eigenvalue weighted by molar-refractivity contribution is 0.0531. The van der Waals surface area contributed by atoms with Crippen LogP contribution in [0.3, 0.4) is 0 Å². The van der Waals surface area contributed by atoms with Gasteiger partial charge in [-0.2, -0.15) is 0 Å². The summed E-state index contributed by atoms with van der Waals surface area (Å²) >= 11 is 0. The highest BCUT2D eigenvalue weighted by Gasteiger charge is 2.25. The molecule has 2 amide bonds. The number of nitrogens with zero attached hydrogens (tertiary/aromatic N) is 1. The number of hydrogen-bond donors (Lipinski definition) is 1. The number of hydrogen-bond acceptors (Lipinski definition) is 3. The van der Waals surface area contributed by atoms with E-state index < -0.39 is 0 Å². The molecule has 2 heterocycles. The summed E-state index contributed by atoms with van der Waals surface area (Å²) in [6.07, 6.45) is 0. The van der Waals surface area contributed by atoms with Gasteiger partial charge < -0.3 is 19.7 Å². The van der Waals surface area contributed by atoms with Gasteiger partial charge in [0.15, 0.2) is 0 Å². The average Bonchev–Trinajstić information content (AvgIpc) is 2.89. The molecule has 1 N–H and O–H groups in total. The largest absolute Gasteiger partial charge is 0.493 e. The number of carbonyl (C=O) groups is 1. The van der Waals surface area contributed by atoms with Gasteiger partial charge in [0.05, 0.1) is 19.8 Å². The summed E-state index contributed by atoms with van der Waals surface area (Å²) in [7, 11) is 0. The maximum absolute atomic E-state index is 12.0. The molecule has 1 atom stereocenters. The van der Waals surface area contributed by atoms with Crippen LogP contribution in [0, 0.1) is 0 Å². The van der Waals surface area contributed by atoms with Gasteiger partial charge in [-0.15, -0.1) is 0 Å². The first kappa shape index (κ1) is 12.3. The van der Waals surface area contributed by atoms with Gasteiger partial charge in [0.25, 0.3) is 0 Å². The Labute approximate surface area is 112 Å². The molecule has 1 aromatic carbocycles. The molecule has 5 nitrogen and oxygen atoms in total. The highest BCUT2D eigenvalue weighted by Crippen LogP contribution is 2.32. The maximum atomic E-state index is 12.0. The topological polar surface area (TPSA) is 50.8 Å². The first-order chi connectivity index (χ1) is 9.34. The normalized spacial score (nSPS) is 21.7. The second kappa shape index (κ2) is 5.48. The van der Waals surface area contributed by atoms with E-state index in [0.717, 1.165) is 5.75 Å². The smallest absolute Gasteiger partial charge is 0.317 e. The average molecular weight is 262 g/mol. The number of ether oxygens (including phenoxy) is 2. The number of urea groups is 1. The summed E-state index contributed by atoms with van der Waals surface area (Å²) in [4.78, 5) is 13.8. The van der Waals surface area contributed by atoms with Crippen LogP contribution >= 0.6 is 0 Å². The van der Waals surface area contributed by atoms with Crippen molar-refractivity contribution in [3.05, 3.63) is 29.8 Å². The number of rotatable bonds is 2. The van der Waals surface area contributed by atoms with Crippen LogP contribution in [-0.2, 0) is 4.74 Å². The molecular formula is C14H18N2O3. The van der Waals surface area contributed by atoms with E-state index in [4.69, 9.17) is 9.47 Å². The third-order valence-corrected chi connectivity index (χ3v) is 3.60. The van der Waals surface area contributed by atoms with Crippen LogP contribution in [0.1, 0.15) is 11.5 Å². The van der Waals surface area contributed by atoms with Gasteiger partial charge in [0, 0.05) is 31.1 Å². The monoisotopic (exact) mass is 262 g/mol. The molecule has 1 saturated heterocycles. The zero-order valence-electron chi connectivity index (χ0n) is 10.8. The summed E-state index contributed by atoms with van der Waals surface area (Å²) in [5, 5.41) is 2.99. The molecule has 0 spiro atoms. The van der Waals surface area contributed by atoms with Crippen LogP contribution in [0.15, 0.2) is 24.3 Å². The Morgan fingerprint density at radius 1 is 1.32 bits per heavy atom. The molecule has 0 radical (unpaired) electrons. The third kappa shape index (κ3) is 2.66. The first-order valence-corrected chi connectivity index (χ1v) is 6.67. The molecule has 0 bridgehead atoms. The summed E-state index contributed by atoms with van der Waals surface area (Å²) in [6.45, 7) is 3.86. The molecule has 3 rings (SSSR count). The van der Waals surface area contributed by atoms with Crippen molar-refractivity contribution in [3.63, 3.8) is 0 Å². The van der Waals surface area contributed by atoms with E-state index in [2.05, 4.69) is 11.4 Å². The van der Waals surface area contributed by atoms with Gasteiger partial charge in [0.2, 0.25) is 0 Å². The van der Waals surface area contributed by atoms with E-state index in [0.29, 0.717) is 39.5 Å². The van der Waals surface area contributed by atoms with Crippen molar-refractivity contribution in [1.29, 1.82) is 0 Å². The molecule has 2 aliphatic rings. The maximum Gasteiger partial charge on any atom is 0.317 e. The molecular weight excluding hydrogens is 244 g/mol. The molecule has 0 aromatic heterocycles. The predicted molar refractivity (Wildman–Crippen MR) is 70.5 cm³/mol. The predicted octanol–water partition coefficient (Wildman–Crippen LogP) is 1.20. The lowest BCUT2D eigenvalue weighted by atomic mass is 10.0. The number of para-hydroxylation sites is 1. The fraction of sp³-hybridized carbons (Fsp3) is 0.500. The minimum absolute atomic E-state index is 0.00678. The summed E-state index contributed by atoms with van der Waals surface area (Å²) in [6, 6.07) is 8.00. The molecule has 1 fully saturated rings. The Bertz CT molecular complexity index is 458. The van der Waals surface area contributed by atoms with Crippen LogP contribution in [0.2, 0.25) is 0 Å². The fourth-order valence-corrected chi connectivity index (χ4v) is 2.49. The van der Waals surface area contributed by atoms with Crippen molar-refractivity contribution in [2.24, 2.45) is 0 Å². The van der Waals surface area contributed by atoms with Crippen LogP contribution in [0.25, 0.3) is 0 Å². The summed E-state index contributed by atoms with van der Waals surface area (Å²) in [5.41, 5.74) is 1.18. The van der Waals surface area contributed by atoms with E-state index >= 15 is 0 Å². The van der Waals surface area contributed by atoms with Gasteiger partial charge in [-0.3, -0.25) is 0 Å². The summed E-state index contributed by atoms with van der Waals surface area (Å²) in [5.74, 6) is 1.19. The quantitative estimate of drug-likeness (QED) is 0.871. The molecule has 19 heavy (non-hydrogen) atoms. The van der Waals surface area contributed by atoms with Gasteiger partial charge in [0.1, 0.15) is 5.75 Å². The van der Waals surface area contributed by atoms with Crippen LogP contribution in [0.5, 0.6) is 5.75 Å². The van der Waals surface area contributed by atoms with Crippen molar-refractivity contribution in [1.82, 2.24) is 10.2 Å². The van der Waals surface area contributed by atoms with Crippen LogP contribution in [0.4, 0.5) is 4.79 Å². The molecule has 102 valence electrons. The molecule has 1 aromatic rings. The molecule has 2 aliphatic heterocycles. The lowest BCUT2D eigenvalue weighted by Gasteiger charge is -2.27. The van der Waals surface area contributed by atoms with Crippen LogP contribution in [-0.4, -0.2) is 50.4 Å². The van der Waals surface area contributed by atoms with Crippen molar-refractivity contribution in [2.45, 2.75) is 5.92 Å². The Balaban J connectivity index is 1.54. The minimum Gasteiger partial charge on any atom is -0.493 e. The number of fused-ring (bicyclic) bond motifs is 1. The van der Waals surface area contributed by atoms with E-state index in [-0.39, 0.29) is 11.9 Å². The zero-order valence-corrected chi connectivity index (χ0v) is 10.8. The molecule has 5 heteroatoms. The van der Waals surface area contributed by atoms with Crippen molar-refractivity contribution in [2.75, 3.05) is 39.5 Å². The Morgan fingerprint density at radius 3 is 2.95 bits per heavy atom. The van der Waals surface area contributed by atoms with Crippen LogP contribution < -0.4 is 10.1 Å². The van der Waals surface area contributed by atoms with Crippen molar-refractivity contribution in [3.8, 4) is 5.75 Å². The highest BCUT2D eigenvalue weighted by atomic mass is 16.5. The number of benzene rings is 1. The zero-order chi connectivity index (χ0) is 13.1. The second-order valence-electron chi connectivity index (χ2n) is 4.83.